The van der Waals surface area contributed by atoms with Crippen molar-refractivity contribution in [1.82, 2.24) is 0 Å². The second-order valence-corrected chi connectivity index (χ2v) is 3.22. The number of carbonyl (C=O) groups excluding carboxylic acids is 2. The molecule has 3 N–H and O–H groups in total. The van der Waals surface area contributed by atoms with Gasteiger partial charge in [-0.25, -0.2) is 0 Å². The van der Waals surface area contributed by atoms with Crippen LogP contribution in [0.4, 0.5) is 0 Å². The Morgan fingerprint density at radius 3 is 0.842 bits per heavy atom. The number of hydrogen-bond acceptors (Lipinski definition) is 5. The van der Waals surface area contributed by atoms with E-state index in [-0.39, 0.29) is 18.0 Å². The molecule has 0 aromatic rings. The summed E-state index contributed by atoms with van der Waals surface area (Å²) in [5, 5.41) is 22.7. The van der Waals surface area contributed by atoms with Gasteiger partial charge in [-0.05, 0) is 20.8 Å². The molecule has 0 saturated heterocycles. The molecule has 0 aliphatic rings. The van der Waals surface area contributed by atoms with E-state index in [4.69, 9.17) is 24.9 Å². The summed E-state index contributed by atoms with van der Waals surface area (Å²) >= 11 is 0. The molecule has 0 unspecified atom stereocenters. The highest BCUT2D eigenvalue weighted by Gasteiger charge is 1.98. The van der Waals surface area contributed by atoms with Gasteiger partial charge in [-0.1, -0.05) is 0 Å². The van der Waals surface area contributed by atoms with Crippen LogP contribution in [0.5, 0.6) is 0 Å². The summed E-state index contributed by atoms with van der Waals surface area (Å²) in [7, 11) is 0. The van der Waals surface area contributed by atoms with Gasteiger partial charge in [0.1, 0.15) is 18.0 Å². The smallest absolute Gasteiger partial charge is 0.310 e. The standard InChI is InChI=1S/C4H6O3.C3H6O.2C2H4O2/c1-3(5)2-4(6)7;1-3(2)4;2*1-2(3)4/h2H2,1H3,(H,6,7);1-2H3;2*1H3,(H,3,4). The van der Waals surface area contributed by atoms with E-state index in [1.54, 1.807) is 0 Å². The van der Waals surface area contributed by atoms with Crippen molar-refractivity contribution in [3.8, 4) is 0 Å². The lowest BCUT2D eigenvalue weighted by Crippen LogP contribution is -2.00. The van der Waals surface area contributed by atoms with Gasteiger partial charge in [0.05, 0.1) is 0 Å². The average molecular weight is 280 g/mol. The van der Waals surface area contributed by atoms with Gasteiger partial charge >= 0.3 is 5.97 Å². The summed E-state index contributed by atoms with van der Waals surface area (Å²) in [6.07, 6.45) is -0.361. The number of carbonyl (C=O) groups is 5. The predicted octanol–water partition coefficient (Wildman–Crippen LogP) is 0.827. The lowest BCUT2D eigenvalue weighted by molar-refractivity contribution is -0.140. The molecule has 0 aliphatic carbocycles. The first kappa shape index (κ1) is 25.6. The fourth-order valence-corrected chi connectivity index (χ4v) is 0.213. The molecule has 0 bridgehead atoms. The molecule has 8 nitrogen and oxygen atoms in total. The quantitative estimate of drug-likeness (QED) is 0.630. The van der Waals surface area contributed by atoms with Gasteiger partial charge in [0, 0.05) is 13.8 Å². The zero-order valence-electron chi connectivity index (χ0n) is 11.6. The van der Waals surface area contributed by atoms with Crippen molar-refractivity contribution in [1.29, 1.82) is 0 Å². The third-order valence-electron chi connectivity index (χ3n) is 0.400. The predicted molar refractivity (Wildman–Crippen MR) is 65.9 cm³/mol. The first-order chi connectivity index (χ1) is 8.32. The molecule has 0 aromatic heterocycles. The lowest BCUT2D eigenvalue weighted by atomic mass is 10.3. The van der Waals surface area contributed by atoms with Crippen LogP contribution in [0.3, 0.4) is 0 Å². The van der Waals surface area contributed by atoms with E-state index in [1.807, 2.05) is 0 Å². The van der Waals surface area contributed by atoms with E-state index < -0.39 is 17.9 Å². The van der Waals surface area contributed by atoms with E-state index >= 15 is 0 Å². The van der Waals surface area contributed by atoms with Crippen LogP contribution in [-0.2, 0) is 24.0 Å². The first-order valence-corrected chi connectivity index (χ1v) is 4.90. The second kappa shape index (κ2) is 18.1. The van der Waals surface area contributed by atoms with Crippen molar-refractivity contribution >= 4 is 29.5 Å². The SMILES string of the molecule is CC(=O)CC(=O)O.CC(=O)O.CC(=O)O.CC(C)=O. The summed E-state index contributed by atoms with van der Waals surface area (Å²) in [5.41, 5.74) is 0. The van der Waals surface area contributed by atoms with E-state index in [9.17, 15) is 14.4 Å². The third-order valence-corrected chi connectivity index (χ3v) is 0.400. The second-order valence-electron chi connectivity index (χ2n) is 3.22. The molecule has 0 radical (unpaired) electrons. The highest BCUT2D eigenvalue weighted by atomic mass is 16.4. The zero-order chi connectivity index (χ0) is 16.6. The molecule has 0 heterocycles. The molecule has 112 valence electrons. The summed E-state index contributed by atoms with van der Waals surface area (Å²) in [6.45, 7) is 6.47. The van der Waals surface area contributed by atoms with Crippen LogP contribution in [0.25, 0.3) is 0 Å². The molecule has 0 saturated carbocycles. The minimum Gasteiger partial charge on any atom is -0.481 e. The number of aliphatic carboxylic acids is 3. The fourth-order valence-electron chi connectivity index (χ4n) is 0.213. The maximum atomic E-state index is 9.87. The molecule has 0 rings (SSSR count). The maximum absolute atomic E-state index is 9.87. The number of Topliss-reactive ketones (excluding diaryl/α,β-unsaturated/α-hetero) is 2. The van der Waals surface area contributed by atoms with Crippen molar-refractivity contribution in [3.63, 3.8) is 0 Å². The molecule has 0 aliphatic heterocycles. The van der Waals surface area contributed by atoms with Crippen molar-refractivity contribution in [2.75, 3.05) is 0 Å². The van der Waals surface area contributed by atoms with Crippen molar-refractivity contribution < 1.29 is 39.3 Å². The van der Waals surface area contributed by atoms with Crippen molar-refractivity contribution in [3.05, 3.63) is 0 Å². The number of hydrogen-bond donors (Lipinski definition) is 3. The average Bonchev–Trinajstić information content (AvgIpc) is 1.95. The van der Waals surface area contributed by atoms with E-state index in [0.717, 1.165) is 13.8 Å². The molecule has 0 fully saturated rings. The Kier molecular flexibility index (Phi) is 24.4. The number of rotatable bonds is 2. The van der Waals surface area contributed by atoms with Crippen LogP contribution in [0.1, 0.15) is 41.0 Å². The Morgan fingerprint density at radius 1 is 0.684 bits per heavy atom. The number of carboxylic acids is 3. The Bertz CT molecular complexity index is 253. The largest absolute Gasteiger partial charge is 0.481 e. The molecular weight excluding hydrogens is 260 g/mol. The zero-order valence-corrected chi connectivity index (χ0v) is 11.6. The Hall–Kier alpha value is -2.25. The summed E-state index contributed by atoms with van der Waals surface area (Å²) < 4.78 is 0. The molecule has 0 aromatic carbocycles. The van der Waals surface area contributed by atoms with E-state index in [1.165, 1.54) is 20.8 Å². The highest BCUT2D eigenvalue weighted by Crippen LogP contribution is 1.77. The molecule has 0 spiro atoms. The van der Waals surface area contributed by atoms with Gasteiger partial charge in [-0.3, -0.25) is 19.2 Å². The van der Waals surface area contributed by atoms with E-state index in [0.29, 0.717) is 0 Å². The van der Waals surface area contributed by atoms with Crippen molar-refractivity contribution in [2.45, 2.75) is 41.0 Å². The van der Waals surface area contributed by atoms with Gasteiger partial charge in [0.15, 0.2) is 0 Å². The molecule has 0 atom stereocenters. The lowest BCUT2D eigenvalue weighted by Gasteiger charge is -1.80. The normalized spacial score (nSPS) is 7.00. The Balaban J connectivity index is -0.0000000825. The van der Waals surface area contributed by atoms with Crippen LogP contribution in [0.15, 0.2) is 0 Å². The van der Waals surface area contributed by atoms with Gasteiger partial charge in [-0.2, -0.15) is 0 Å². The monoisotopic (exact) mass is 280 g/mol. The van der Waals surface area contributed by atoms with Crippen LogP contribution >= 0.6 is 0 Å². The first-order valence-electron chi connectivity index (χ1n) is 4.90. The van der Waals surface area contributed by atoms with Gasteiger partial charge in [0.2, 0.25) is 0 Å². The number of ketones is 2. The summed E-state index contributed by atoms with van der Waals surface area (Å²) in [6, 6.07) is 0. The van der Waals surface area contributed by atoms with E-state index in [2.05, 4.69) is 0 Å². The fraction of sp³-hybridized carbons (Fsp3) is 0.545. The van der Waals surface area contributed by atoms with Crippen molar-refractivity contribution in [2.24, 2.45) is 0 Å². The Labute approximate surface area is 111 Å². The molecule has 19 heavy (non-hydrogen) atoms. The summed E-state index contributed by atoms with van der Waals surface area (Å²) in [5.74, 6) is -2.87. The molecular formula is C11H20O8. The third kappa shape index (κ3) is 972. The molecule has 8 heteroatoms. The number of carboxylic acid groups (broad SMARTS) is 3. The van der Waals surface area contributed by atoms with Gasteiger partial charge in [0.25, 0.3) is 11.9 Å². The molecule has 0 amide bonds. The Morgan fingerprint density at radius 2 is 0.842 bits per heavy atom. The minimum atomic E-state index is -1.06. The summed E-state index contributed by atoms with van der Waals surface area (Å²) in [4.78, 5) is 46.9. The van der Waals surface area contributed by atoms with Crippen LogP contribution in [-0.4, -0.2) is 44.8 Å². The highest BCUT2D eigenvalue weighted by molar-refractivity contribution is 5.93. The van der Waals surface area contributed by atoms with Gasteiger partial charge in [-0.15, -0.1) is 0 Å². The van der Waals surface area contributed by atoms with Crippen LogP contribution < -0.4 is 0 Å². The topological polar surface area (TPSA) is 146 Å². The van der Waals surface area contributed by atoms with Crippen LogP contribution in [0.2, 0.25) is 0 Å². The van der Waals surface area contributed by atoms with Crippen LogP contribution in [0, 0.1) is 0 Å². The maximum Gasteiger partial charge on any atom is 0.310 e. The minimum absolute atomic E-state index is 0.167. The van der Waals surface area contributed by atoms with Gasteiger partial charge < -0.3 is 20.1 Å².